The molecule has 1 atom stereocenters. The van der Waals surface area contributed by atoms with Crippen molar-refractivity contribution >= 4 is 44.6 Å². The summed E-state index contributed by atoms with van der Waals surface area (Å²) in [5.74, 6) is -0.687. The second-order valence-electron chi connectivity index (χ2n) is 10.3. The molecule has 2 heterocycles. The normalized spacial score (nSPS) is 19.6. The van der Waals surface area contributed by atoms with E-state index in [0.29, 0.717) is 59.0 Å². The number of nitrogens with zero attached hydrogens (tertiary/aromatic N) is 1. The van der Waals surface area contributed by atoms with Crippen LogP contribution in [0.15, 0.2) is 77.3 Å². The van der Waals surface area contributed by atoms with Crippen LogP contribution in [-0.4, -0.2) is 56.7 Å². The number of hydrogen-bond acceptors (Lipinski definition) is 7. The first kappa shape index (κ1) is 27.9. The zero-order valence-corrected chi connectivity index (χ0v) is 23.8. The Morgan fingerprint density at radius 3 is 2.58 bits per heavy atom. The number of benzene rings is 3. The molecule has 208 valence electrons. The highest BCUT2D eigenvalue weighted by atomic mass is 35.5. The third-order valence-electron chi connectivity index (χ3n) is 7.37. The van der Waals surface area contributed by atoms with Crippen molar-refractivity contribution in [2.24, 2.45) is 5.73 Å². The fourth-order valence-electron chi connectivity index (χ4n) is 5.41. The first-order valence-corrected chi connectivity index (χ1v) is 15.2. The highest BCUT2D eigenvalue weighted by Crippen LogP contribution is 2.43. The molecule has 3 aromatic rings. The van der Waals surface area contributed by atoms with Crippen LogP contribution in [0.4, 0.5) is 5.69 Å². The molecule has 3 aromatic carbocycles. The first-order chi connectivity index (χ1) is 19.0. The van der Waals surface area contributed by atoms with E-state index in [0.717, 1.165) is 11.8 Å². The van der Waals surface area contributed by atoms with Gasteiger partial charge in [-0.2, -0.15) is 0 Å². The van der Waals surface area contributed by atoms with Gasteiger partial charge >= 0.3 is 5.97 Å². The fraction of sp³-hybridized carbons (Fsp3) is 0.267. The molecule has 0 radical (unpaired) electrons. The van der Waals surface area contributed by atoms with Crippen molar-refractivity contribution in [2.45, 2.75) is 30.3 Å². The Hall–Kier alpha value is -3.66. The van der Waals surface area contributed by atoms with Crippen molar-refractivity contribution in [2.75, 3.05) is 31.2 Å². The predicted octanol–water partition coefficient (Wildman–Crippen LogP) is 4.42. The van der Waals surface area contributed by atoms with Crippen molar-refractivity contribution in [3.63, 3.8) is 0 Å². The number of hydrogen-bond donors (Lipinski definition) is 2. The van der Waals surface area contributed by atoms with Crippen LogP contribution in [0.3, 0.4) is 0 Å². The van der Waals surface area contributed by atoms with Gasteiger partial charge in [0, 0.05) is 29.1 Å². The Morgan fingerprint density at radius 2 is 1.85 bits per heavy atom. The van der Waals surface area contributed by atoms with Gasteiger partial charge in [0.05, 0.1) is 22.7 Å². The highest BCUT2D eigenvalue weighted by molar-refractivity contribution is 7.90. The monoisotopic (exact) mass is 579 g/mol. The molecule has 40 heavy (non-hydrogen) atoms. The number of amides is 1. The molecule has 1 spiro atoms. The molecular formula is C30H30ClN3O5S. The molecule has 5 rings (SSSR count). The number of aryl methyl sites for hydroxylation is 1. The number of nitrogens with two attached hydrogens (primary N) is 1. The van der Waals surface area contributed by atoms with Gasteiger partial charge in [-0.3, -0.25) is 9.69 Å². The van der Waals surface area contributed by atoms with Gasteiger partial charge in [-0.05, 0) is 79.4 Å². The largest absolute Gasteiger partial charge is 0.448 e. The molecule has 3 N–H and O–H groups in total. The lowest BCUT2D eigenvalue weighted by Crippen LogP contribution is -2.52. The Balaban J connectivity index is 1.41. The van der Waals surface area contributed by atoms with E-state index in [1.807, 2.05) is 48.2 Å². The molecule has 2 aliphatic heterocycles. The zero-order chi connectivity index (χ0) is 28.7. The van der Waals surface area contributed by atoms with E-state index in [2.05, 4.69) is 5.32 Å². The summed E-state index contributed by atoms with van der Waals surface area (Å²) in [6.07, 6.45) is 2.41. The molecule has 0 bridgehead atoms. The maximum absolute atomic E-state index is 13.2. The average molecular weight is 580 g/mol. The molecule has 0 saturated carbocycles. The number of nitrogens with one attached hydrogen (secondary N) is 1. The number of anilines is 1. The predicted molar refractivity (Wildman–Crippen MR) is 155 cm³/mol. The zero-order valence-electron chi connectivity index (χ0n) is 22.2. The molecule has 1 amide bonds. The number of para-hydroxylation sites is 1. The summed E-state index contributed by atoms with van der Waals surface area (Å²) < 4.78 is 30.0. The van der Waals surface area contributed by atoms with Gasteiger partial charge in [-0.15, -0.1) is 0 Å². The fourth-order valence-corrected chi connectivity index (χ4v) is 6.35. The Labute approximate surface area is 238 Å². The Bertz CT molecular complexity index is 1640. The number of piperidine rings is 1. The van der Waals surface area contributed by atoms with Gasteiger partial charge in [0.1, 0.15) is 0 Å². The lowest BCUT2D eigenvalue weighted by Gasteiger charge is -2.39. The maximum Gasteiger partial charge on any atom is 0.341 e. The smallest absolute Gasteiger partial charge is 0.341 e. The summed E-state index contributed by atoms with van der Waals surface area (Å²) in [7, 11) is -3.39. The summed E-state index contributed by atoms with van der Waals surface area (Å²) in [4.78, 5) is 28.0. The number of rotatable bonds is 6. The third kappa shape index (κ3) is 5.50. The summed E-state index contributed by atoms with van der Waals surface area (Å²) >= 11 is 6.68. The standard InChI is InChI=1S/C30H30ClN3O5S/c1-19-14-24(20-8-6-11-22(15-20)40(2,37)38)25(31)16-23(19)27-28(32)30(39-29(27)36)12-7-13-34(18-30)17-26(35)33-21-9-4-3-5-10-21/h3-6,8-11,14-16H,7,12-13,17-18,32H2,1-2H3,(H,33,35). The number of carbonyl (C=O) groups is 2. The number of sulfone groups is 1. The van der Waals surface area contributed by atoms with Gasteiger partial charge < -0.3 is 15.8 Å². The minimum Gasteiger partial charge on any atom is -0.448 e. The van der Waals surface area contributed by atoms with Crippen LogP contribution < -0.4 is 11.1 Å². The van der Waals surface area contributed by atoms with Gasteiger partial charge in [0.15, 0.2) is 15.4 Å². The third-order valence-corrected chi connectivity index (χ3v) is 8.79. The van der Waals surface area contributed by atoms with Crippen molar-refractivity contribution in [1.29, 1.82) is 0 Å². The van der Waals surface area contributed by atoms with E-state index < -0.39 is 21.4 Å². The van der Waals surface area contributed by atoms with Gasteiger partial charge in [0.25, 0.3) is 0 Å². The van der Waals surface area contributed by atoms with E-state index in [1.54, 1.807) is 24.3 Å². The summed E-state index contributed by atoms with van der Waals surface area (Å²) in [6, 6.07) is 19.3. The van der Waals surface area contributed by atoms with E-state index in [4.69, 9.17) is 22.1 Å². The average Bonchev–Trinajstić information content (AvgIpc) is 3.13. The molecule has 1 saturated heterocycles. The maximum atomic E-state index is 13.2. The summed E-state index contributed by atoms with van der Waals surface area (Å²) in [6.45, 7) is 2.97. The number of carbonyl (C=O) groups excluding carboxylic acids is 2. The van der Waals surface area contributed by atoms with Crippen LogP contribution in [0.1, 0.15) is 24.0 Å². The molecule has 0 aliphatic carbocycles. The van der Waals surface area contributed by atoms with Gasteiger partial charge in [-0.1, -0.05) is 41.9 Å². The Kier molecular flexibility index (Phi) is 7.48. The van der Waals surface area contributed by atoms with Crippen LogP contribution in [-0.2, 0) is 24.2 Å². The second kappa shape index (κ2) is 10.7. The van der Waals surface area contributed by atoms with Gasteiger partial charge in [0.2, 0.25) is 5.91 Å². The van der Waals surface area contributed by atoms with Crippen molar-refractivity contribution in [3.8, 4) is 11.1 Å². The summed E-state index contributed by atoms with van der Waals surface area (Å²) in [5.41, 5.74) is 9.54. The summed E-state index contributed by atoms with van der Waals surface area (Å²) in [5, 5.41) is 3.24. The van der Waals surface area contributed by atoms with Crippen LogP contribution in [0.5, 0.6) is 0 Å². The number of likely N-dealkylation sites (tertiary alicyclic amines) is 1. The molecule has 8 nitrogen and oxygen atoms in total. The van der Waals surface area contributed by atoms with Crippen LogP contribution >= 0.6 is 11.6 Å². The molecular weight excluding hydrogens is 550 g/mol. The van der Waals surface area contributed by atoms with E-state index in [1.165, 1.54) is 6.07 Å². The van der Waals surface area contributed by atoms with Crippen molar-refractivity contribution < 1.29 is 22.7 Å². The highest BCUT2D eigenvalue weighted by Gasteiger charge is 2.49. The number of ether oxygens (including phenoxy) is 1. The van der Waals surface area contributed by atoms with E-state index in [-0.39, 0.29) is 22.9 Å². The van der Waals surface area contributed by atoms with Crippen LogP contribution in [0.25, 0.3) is 16.7 Å². The molecule has 0 aromatic heterocycles. The SMILES string of the molecule is Cc1cc(-c2cccc(S(C)(=O)=O)c2)c(Cl)cc1C1=C(N)C2(CCCN(CC(=O)Nc3ccccc3)C2)OC1=O. The molecule has 1 unspecified atom stereocenters. The second-order valence-corrected chi connectivity index (χ2v) is 12.8. The molecule has 1 fully saturated rings. The lowest BCUT2D eigenvalue weighted by molar-refractivity contribution is -0.149. The van der Waals surface area contributed by atoms with Gasteiger partial charge in [-0.25, -0.2) is 13.2 Å². The topological polar surface area (TPSA) is 119 Å². The Morgan fingerprint density at radius 1 is 1.10 bits per heavy atom. The molecule has 10 heteroatoms. The minimum atomic E-state index is -3.39. The van der Waals surface area contributed by atoms with Crippen molar-refractivity contribution in [1.82, 2.24) is 4.90 Å². The molecule has 2 aliphatic rings. The first-order valence-electron chi connectivity index (χ1n) is 12.9. The van der Waals surface area contributed by atoms with Crippen LogP contribution in [0.2, 0.25) is 5.02 Å². The quantitative estimate of drug-likeness (QED) is 0.415. The minimum absolute atomic E-state index is 0.142. The lowest BCUT2D eigenvalue weighted by atomic mass is 9.86. The van der Waals surface area contributed by atoms with Crippen LogP contribution in [0, 0.1) is 6.92 Å². The van der Waals surface area contributed by atoms with Crippen molar-refractivity contribution in [3.05, 3.63) is 88.6 Å². The number of halogens is 1. The van der Waals surface area contributed by atoms with E-state index >= 15 is 0 Å². The van der Waals surface area contributed by atoms with E-state index in [9.17, 15) is 18.0 Å². The number of esters is 1.